The van der Waals surface area contributed by atoms with Crippen LogP contribution >= 0.6 is 0 Å². The van der Waals surface area contributed by atoms with Crippen molar-refractivity contribution >= 4 is 11.4 Å². The lowest BCUT2D eigenvalue weighted by atomic mass is 9.74. The maximum Gasteiger partial charge on any atom is 0.0504 e. The van der Waals surface area contributed by atoms with E-state index in [9.17, 15) is 5.11 Å². The van der Waals surface area contributed by atoms with E-state index in [1.54, 1.807) is 0 Å². The van der Waals surface area contributed by atoms with E-state index in [0.29, 0.717) is 0 Å². The van der Waals surface area contributed by atoms with Crippen molar-refractivity contribution in [1.29, 1.82) is 0 Å². The van der Waals surface area contributed by atoms with Crippen LogP contribution in [0.25, 0.3) is 0 Å². The molecule has 0 atom stereocenters. The standard InChI is InChI=1S/C15H24N2O/c1-12-9-13(16)5-6-14(12)17-10-15(11-18)7-3-2-4-8-15/h5-6,9,17-18H,2-4,7-8,10-11,16H2,1H3. The quantitative estimate of drug-likeness (QED) is 0.718. The normalized spacial score (nSPS) is 18.6. The maximum absolute atomic E-state index is 9.67. The number of nitrogen functional groups attached to an aromatic ring is 1. The lowest BCUT2D eigenvalue weighted by molar-refractivity contribution is 0.0944. The molecule has 0 saturated heterocycles. The summed E-state index contributed by atoms with van der Waals surface area (Å²) in [6.07, 6.45) is 6.05. The summed E-state index contributed by atoms with van der Waals surface area (Å²) in [4.78, 5) is 0. The molecular formula is C15H24N2O. The van der Waals surface area contributed by atoms with Crippen molar-refractivity contribution in [3.63, 3.8) is 0 Å². The molecule has 0 unspecified atom stereocenters. The van der Waals surface area contributed by atoms with Crippen molar-refractivity contribution < 1.29 is 5.11 Å². The molecule has 4 N–H and O–H groups in total. The van der Waals surface area contributed by atoms with Gasteiger partial charge in [-0.1, -0.05) is 19.3 Å². The van der Waals surface area contributed by atoms with E-state index >= 15 is 0 Å². The van der Waals surface area contributed by atoms with Crippen LogP contribution in [0.1, 0.15) is 37.7 Å². The predicted octanol–water partition coefficient (Wildman–Crippen LogP) is 2.93. The van der Waals surface area contributed by atoms with Gasteiger partial charge >= 0.3 is 0 Å². The van der Waals surface area contributed by atoms with Crippen LogP contribution in [0, 0.1) is 12.3 Å². The molecule has 0 bridgehead atoms. The van der Waals surface area contributed by atoms with Crippen molar-refractivity contribution in [2.24, 2.45) is 5.41 Å². The molecule has 1 aromatic carbocycles. The van der Waals surface area contributed by atoms with Crippen LogP contribution in [-0.2, 0) is 0 Å². The summed E-state index contributed by atoms with van der Waals surface area (Å²) in [7, 11) is 0. The molecule has 0 amide bonds. The molecule has 0 spiro atoms. The van der Waals surface area contributed by atoms with Crippen LogP contribution < -0.4 is 11.1 Å². The highest BCUT2D eigenvalue weighted by molar-refractivity contribution is 5.57. The summed E-state index contributed by atoms with van der Waals surface area (Å²) in [5, 5.41) is 13.2. The van der Waals surface area contributed by atoms with Gasteiger partial charge in [0.2, 0.25) is 0 Å². The van der Waals surface area contributed by atoms with E-state index in [1.165, 1.54) is 24.8 Å². The average molecular weight is 248 g/mol. The summed E-state index contributed by atoms with van der Waals surface area (Å²) < 4.78 is 0. The maximum atomic E-state index is 9.67. The zero-order valence-corrected chi connectivity index (χ0v) is 11.2. The fraction of sp³-hybridized carbons (Fsp3) is 0.600. The van der Waals surface area contributed by atoms with Crippen molar-refractivity contribution in [3.05, 3.63) is 23.8 Å². The average Bonchev–Trinajstić information content (AvgIpc) is 2.39. The number of anilines is 2. The van der Waals surface area contributed by atoms with Crippen LogP contribution in [0.3, 0.4) is 0 Å². The Morgan fingerprint density at radius 3 is 2.61 bits per heavy atom. The van der Waals surface area contributed by atoms with Gasteiger partial charge < -0.3 is 16.2 Å². The van der Waals surface area contributed by atoms with Gasteiger partial charge in [0.15, 0.2) is 0 Å². The molecule has 3 heteroatoms. The molecule has 3 nitrogen and oxygen atoms in total. The molecule has 18 heavy (non-hydrogen) atoms. The minimum Gasteiger partial charge on any atom is -0.399 e. The second-order valence-corrected chi connectivity index (χ2v) is 5.65. The molecule has 1 aliphatic carbocycles. The summed E-state index contributed by atoms with van der Waals surface area (Å²) in [6.45, 7) is 3.20. The van der Waals surface area contributed by atoms with Crippen LogP contribution in [0.2, 0.25) is 0 Å². The summed E-state index contributed by atoms with van der Waals surface area (Å²) in [5.74, 6) is 0. The SMILES string of the molecule is Cc1cc(N)ccc1NCC1(CO)CCCCC1. The first-order valence-corrected chi connectivity index (χ1v) is 6.86. The molecule has 1 aliphatic rings. The number of hydrogen-bond donors (Lipinski definition) is 3. The second kappa shape index (κ2) is 5.61. The Kier molecular flexibility index (Phi) is 4.12. The largest absolute Gasteiger partial charge is 0.399 e. The van der Waals surface area contributed by atoms with Crippen LogP contribution in [0.15, 0.2) is 18.2 Å². The monoisotopic (exact) mass is 248 g/mol. The van der Waals surface area contributed by atoms with Crippen molar-refractivity contribution in [3.8, 4) is 0 Å². The van der Waals surface area contributed by atoms with Gasteiger partial charge in [-0.2, -0.15) is 0 Å². The Hall–Kier alpha value is -1.22. The van der Waals surface area contributed by atoms with Crippen LogP contribution in [0.4, 0.5) is 11.4 Å². The minimum absolute atomic E-state index is 0.0755. The number of aliphatic hydroxyl groups is 1. The van der Waals surface area contributed by atoms with Gasteiger partial charge in [-0.05, 0) is 43.5 Å². The molecule has 0 radical (unpaired) electrons. The Balaban J connectivity index is 2.01. The molecule has 100 valence electrons. The van der Waals surface area contributed by atoms with Gasteiger partial charge in [0.25, 0.3) is 0 Å². The Labute approximate surface area is 109 Å². The van der Waals surface area contributed by atoms with Crippen molar-refractivity contribution in [2.75, 3.05) is 24.2 Å². The van der Waals surface area contributed by atoms with Crippen LogP contribution in [-0.4, -0.2) is 18.3 Å². The van der Waals surface area contributed by atoms with Gasteiger partial charge in [-0.25, -0.2) is 0 Å². The topological polar surface area (TPSA) is 58.3 Å². The smallest absolute Gasteiger partial charge is 0.0504 e. The van der Waals surface area contributed by atoms with Crippen molar-refractivity contribution in [2.45, 2.75) is 39.0 Å². The van der Waals surface area contributed by atoms with Crippen molar-refractivity contribution in [1.82, 2.24) is 0 Å². The van der Waals surface area contributed by atoms with Gasteiger partial charge in [-0.3, -0.25) is 0 Å². The molecule has 1 saturated carbocycles. The fourth-order valence-corrected chi connectivity index (χ4v) is 2.86. The number of nitrogens with two attached hydrogens (primary N) is 1. The number of aryl methyl sites for hydroxylation is 1. The Morgan fingerprint density at radius 1 is 1.28 bits per heavy atom. The first-order chi connectivity index (χ1) is 8.65. The van der Waals surface area contributed by atoms with E-state index in [1.807, 2.05) is 18.2 Å². The number of hydrogen-bond acceptors (Lipinski definition) is 3. The Morgan fingerprint density at radius 2 is 2.00 bits per heavy atom. The van der Waals surface area contributed by atoms with E-state index in [4.69, 9.17) is 5.73 Å². The predicted molar refractivity (Wildman–Crippen MR) is 76.7 cm³/mol. The van der Waals surface area contributed by atoms with E-state index < -0.39 is 0 Å². The van der Waals surface area contributed by atoms with E-state index in [2.05, 4.69) is 12.2 Å². The molecule has 1 fully saturated rings. The number of nitrogens with one attached hydrogen (secondary N) is 1. The lowest BCUT2D eigenvalue weighted by Crippen LogP contribution is -2.35. The number of benzene rings is 1. The molecule has 0 heterocycles. The third-order valence-electron chi connectivity index (χ3n) is 4.15. The van der Waals surface area contributed by atoms with E-state index in [-0.39, 0.29) is 12.0 Å². The molecular weight excluding hydrogens is 224 g/mol. The zero-order valence-electron chi connectivity index (χ0n) is 11.2. The minimum atomic E-state index is 0.0755. The van der Waals surface area contributed by atoms with Gasteiger partial charge in [0.05, 0.1) is 6.61 Å². The van der Waals surface area contributed by atoms with Crippen LogP contribution in [0.5, 0.6) is 0 Å². The number of aliphatic hydroxyl groups excluding tert-OH is 1. The summed E-state index contributed by atoms with van der Waals surface area (Å²) >= 11 is 0. The molecule has 1 aromatic rings. The third kappa shape index (κ3) is 2.96. The first kappa shape index (κ1) is 13.2. The lowest BCUT2D eigenvalue weighted by Gasteiger charge is -2.36. The number of rotatable bonds is 4. The van der Waals surface area contributed by atoms with E-state index in [0.717, 1.165) is 30.8 Å². The Bertz CT molecular complexity index is 397. The highest BCUT2D eigenvalue weighted by atomic mass is 16.3. The fourth-order valence-electron chi connectivity index (χ4n) is 2.86. The third-order valence-corrected chi connectivity index (χ3v) is 4.15. The molecule has 2 rings (SSSR count). The van der Waals surface area contributed by atoms with Gasteiger partial charge in [-0.15, -0.1) is 0 Å². The first-order valence-electron chi connectivity index (χ1n) is 6.86. The zero-order chi connectivity index (χ0) is 13.0. The van der Waals surface area contributed by atoms with Gasteiger partial charge in [0, 0.05) is 23.3 Å². The van der Waals surface area contributed by atoms with Gasteiger partial charge in [0.1, 0.15) is 0 Å². The highest BCUT2D eigenvalue weighted by Gasteiger charge is 2.31. The highest BCUT2D eigenvalue weighted by Crippen LogP contribution is 2.36. The summed E-state index contributed by atoms with van der Waals surface area (Å²) in [5.41, 5.74) is 8.92. The summed E-state index contributed by atoms with van der Waals surface area (Å²) in [6, 6.07) is 5.93. The second-order valence-electron chi connectivity index (χ2n) is 5.65. The molecule has 0 aromatic heterocycles. The molecule has 0 aliphatic heterocycles.